The highest BCUT2D eigenvalue weighted by Crippen LogP contribution is 2.09. The summed E-state index contributed by atoms with van der Waals surface area (Å²) in [5.41, 5.74) is 1.38. The van der Waals surface area contributed by atoms with Crippen molar-refractivity contribution in [2.45, 2.75) is 13.3 Å². The van der Waals surface area contributed by atoms with E-state index < -0.39 is 0 Å². The smallest absolute Gasteiger partial charge is 0.158 e. The van der Waals surface area contributed by atoms with Crippen LogP contribution in [0, 0.1) is 18.3 Å². The van der Waals surface area contributed by atoms with Gasteiger partial charge >= 0.3 is 0 Å². The summed E-state index contributed by atoms with van der Waals surface area (Å²) in [6.45, 7) is 2.74. The molecule has 0 aliphatic carbocycles. The molecule has 1 N–H and O–H groups in total. The monoisotopic (exact) mass is 245 g/mol. The highest BCUT2D eigenvalue weighted by molar-refractivity contribution is 7.09. The summed E-state index contributed by atoms with van der Waals surface area (Å²) in [6.07, 6.45) is 3.88. The Morgan fingerprint density at radius 2 is 2.29 bits per heavy atom. The Morgan fingerprint density at radius 1 is 1.41 bits per heavy atom. The predicted molar refractivity (Wildman–Crippen MR) is 65.8 cm³/mol. The molecule has 0 atom stereocenters. The van der Waals surface area contributed by atoms with E-state index in [1.54, 1.807) is 17.5 Å². The van der Waals surface area contributed by atoms with Gasteiger partial charge in [-0.3, -0.25) is 0 Å². The summed E-state index contributed by atoms with van der Waals surface area (Å²) < 4.78 is 0. The second-order valence-corrected chi connectivity index (χ2v) is 4.40. The predicted octanol–water partition coefficient (Wildman–Crippen LogP) is 1.77. The first kappa shape index (κ1) is 11.5. The Bertz CT molecular complexity index is 526. The first-order valence-corrected chi connectivity index (χ1v) is 6.03. The van der Waals surface area contributed by atoms with Gasteiger partial charge in [0.05, 0.1) is 17.4 Å². The van der Waals surface area contributed by atoms with E-state index in [2.05, 4.69) is 20.3 Å². The summed E-state index contributed by atoms with van der Waals surface area (Å²) in [5.74, 6) is 0.678. The molecule has 2 heterocycles. The maximum atomic E-state index is 8.58. The van der Waals surface area contributed by atoms with Crippen molar-refractivity contribution in [2.75, 3.05) is 11.9 Å². The van der Waals surface area contributed by atoms with Crippen molar-refractivity contribution in [3.8, 4) is 6.07 Å². The minimum absolute atomic E-state index is 0.325. The Labute approximate surface area is 103 Å². The molecule has 0 radical (unpaired) electrons. The van der Waals surface area contributed by atoms with E-state index >= 15 is 0 Å². The van der Waals surface area contributed by atoms with Crippen LogP contribution in [0.15, 0.2) is 17.8 Å². The minimum Gasteiger partial charge on any atom is -0.368 e. The van der Waals surface area contributed by atoms with E-state index in [9.17, 15) is 0 Å². The number of hydrogen-bond donors (Lipinski definition) is 1. The van der Waals surface area contributed by atoms with Gasteiger partial charge in [-0.1, -0.05) is 0 Å². The highest BCUT2D eigenvalue weighted by Gasteiger charge is 1.99. The number of rotatable bonds is 4. The number of aryl methyl sites for hydroxylation is 1. The number of hydrogen-bond acceptors (Lipinski definition) is 6. The van der Waals surface area contributed by atoms with Gasteiger partial charge in [0.1, 0.15) is 11.9 Å². The second kappa shape index (κ2) is 5.37. The molecule has 0 spiro atoms. The van der Waals surface area contributed by atoms with Crippen molar-refractivity contribution in [1.29, 1.82) is 5.26 Å². The number of nitrogens with one attached hydrogen (secondary N) is 1. The number of anilines is 1. The van der Waals surface area contributed by atoms with Crippen LogP contribution >= 0.6 is 11.3 Å². The molecule has 2 aromatic heterocycles. The normalized spacial score (nSPS) is 9.88. The molecule has 0 amide bonds. The van der Waals surface area contributed by atoms with Crippen LogP contribution in [0.1, 0.15) is 16.4 Å². The molecule has 2 rings (SSSR count). The van der Waals surface area contributed by atoms with Crippen LogP contribution in [0.25, 0.3) is 0 Å². The zero-order chi connectivity index (χ0) is 12.1. The zero-order valence-corrected chi connectivity index (χ0v) is 10.2. The van der Waals surface area contributed by atoms with Crippen LogP contribution in [0.3, 0.4) is 0 Å². The summed E-state index contributed by atoms with van der Waals surface area (Å²) >= 11 is 1.66. The quantitative estimate of drug-likeness (QED) is 0.888. The summed E-state index contributed by atoms with van der Waals surface area (Å²) in [5, 5.41) is 14.9. The molecular weight excluding hydrogens is 234 g/mol. The number of thiazole rings is 1. The van der Waals surface area contributed by atoms with Gasteiger partial charge in [0.2, 0.25) is 0 Å². The van der Waals surface area contributed by atoms with Gasteiger partial charge in [-0.15, -0.1) is 11.3 Å². The largest absolute Gasteiger partial charge is 0.368 e. The highest BCUT2D eigenvalue weighted by atomic mass is 32.1. The van der Waals surface area contributed by atoms with Crippen molar-refractivity contribution >= 4 is 17.2 Å². The lowest BCUT2D eigenvalue weighted by Gasteiger charge is -2.02. The lowest BCUT2D eigenvalue weighted by atomic mass is 10.4. The molecule has 0 bridgehead atoms. The van der Waals surface area contributed by atoms with Gasteiger partial charge < -0.3 is 5.32 Å². The molecule has 5 nitrogen and oxygen atoms in total. The van der Waals surface area contributed by atoms with Gasteiger partial charge in [-0.25, -0.2) is 15.0 Å². The molecule has 0 saturated carbocycles. The number of nitrogens with zero attached hydrogens (tertiary/aromatic N) is 4. The minimum atomic E-state index is 0.325. The Balaban J connectivity index is 1.84. The number of aromatic nitrogens is 3. The average Bonchev–Trinajstić information content (AvgIpc) is 2.76. The van der Waals surface area contributed by atoms with Crippen molar-refractivity contribution in [2.24, 2.45) is 0 Å². The van der Waals surface area contributed by atoms with Crippen LogP contribution in [0.2, 0.25) is 0 Å². The maximum absolute atomic E-state index is 8.58. The van der Waals surface area contributed by atoms with Gasteiger partial charge in [-0.05, 0) is 6.92 Å². The lowest BCUT2D eigenvalue weighted by molar-refractivity contribution is 0.972. The zero-order valence-electron chi connectivity index (χ0n) is 9.34. The van der Waals surface area contributed by atoms with Crippen LogP contribution < -0.4 is 5.32 Å². The van der Waals surface area contributed by atoms with Gasteiger partial charge in [0.15, 0.2) is 5.69 Å². The fourth-order valence-corrected chi connectivity index (χ4v) is 2.07. The fourth-order valence-electron chi connectivity index (χ4n) is 1.29. The molecule has 0 unspecified atom stereocenters. The Kier molecular flexibility index (Phi) is 3.62. The summed E-state index contributed by atoms with van der Waals surface area (Å²) in [6, 6.07) is 1.93. The van der Waals surface area contributed by atoms with E-state index in [0.29, 0.717) is 11.5 Å². The van der Waals surface area contributed by atoms with Crippen molar-refractivity contribution in [3.05, 3.63) is 34.2 Å². The van der Waals surface area contributed by atoms with Gasteiger partial charge in [-0.2, -0.15) is 5.26 Å². The first-order chi connectivity index (χ1) is 8.28. The van der Waals surface area contributed by atoms with E-state index in [1.165, 1.54) is 6.20 Å². The molecule has 0 aliphatic heterocycles. The maximum Gasteiger partial charge on any atom is 0.158 e. The second-order valence-electron chi connectivity index (χ2n) is 3.46. The van der Waals surface area contributed by atoms with E-state index in [-0.39, 0.29) is 0 Å². The van der Waals surface area contributed by atoms with Crippen LogP contribution in [-0.4, -0.2) is 21.5 Å². The standard InChI is InChI=1S/C11H11N5S/c1-8-7-17-11(16-8)2-3-13-10-6-14-9(4-12)5-15-10/h5-7H,2-3H2,1H3,(H,13,15). The van der Waals surface area contributed by atoms with E-state index in [0.717, 1.165) is 23.7 Å². The van der Waals surface area contributed by atoms with Crippen LogP contribution in [-0.2, 0) is 6.42 Å². The first-order valence-electron chi connectivity index (χ1n) is 5.15. The molecule has 17 heavy (non-hydrogen) atoms. The molecule has 0 fully saturated rings. The molecule has 6 heteroatoms. The third-order valence-electron chi connectivity index (χ3n) is 2.08. The van der Waals surface area contributed by atoms with Gasteiger partial charge in [0, 0.05) is 24.0 Å². The molecular formula is C11H11N5S. The Morgan fingerprint density at radius 3 is 2.88 bits per heavy atom. The lowest BCUT2D eigenvalue weighted by Crippen LogP contribution is -2.06. The topological polar surface area (TPSA) is 74.5 Å². The van der Waals surface area contributed by atoms with E-state index in [1.807, 2.05) is 18.4 Å². The summed E-state index contributed by atoms with van der Waals surface area (Å²) in [4.78, 5) is 12.4. The van der Waals surface area contributed by atoms with Gasteiger partial charge in [0.25, 0.3) is 0 Å². The SMILES string of the molecule is Cc1csc(CCNc2cnc(C#N)cn2)n1. The molecule has 2 aromatic rings. The fraction of sp³-hybridized carbons (Fsp3) is 0.273. The van der Waals surface area contributed by atoms with E-state index in [4.69, 9.17) is 5.26 Å². The summed E-state index contributed by atoms with van der Waals surface area (Å²) in [7, 11) is 0. The molecule has 0 saturated heterocycles. The van der Waals surface area contributed by atoms with Crippen molar-refractivity contribution in [3.63, 3.8) is 0 Å². The third kappa shape index (κ3) is 3.23. The average molecular weight is 245 g/mol. The van der Waals surface area contributed by atoms with Crippen LogP contribution in [0.4, 0.5) is 5.82 Å². The molecule has 0 aliphatic rings. The Hall–Kier alpha value is -2.00. The van der Waals surface area contributed by atoms with Crippen molar-refractivity contribution in [1.82, 2.24) is 15.0 Å². The van der Waals surface area contributed by atoms with Crippen molar-refractivity contribution < 1.29 is 0 Å². The molecule has 86 valence electrons. The number of nitriles is 1. The molecule has 0 aromatic carbocycles. The van der Waals surface area contributed by atoms with Crippen LogP contribution in [0.5, 0.6) is 0 Å². The third-order valence-corrected chi connectivity index (χ3v) is 3.10.